The normalized spacial score (nSPS) is 17.3. The first-order valence-corrected chi connectivity index (χ1v) is 10.3. The summed E-state index contributed by atoms with van der Waals surface area (Å²) in [5, 5.41) is 0. The van der Waals surface area contributed by atoms with Gasteiger partial charge in [0, 0.05) is 5.92 Å². The van der Waals surface area contributed by atoms with E-state index in [0.717, 1.165) is 12.0 Å². The molecule has 0 bridgehead atoms. The predicted molar refractivity (Wildman–Crippen MR) is 118 cm³/mol. The molecule has 0 amide bonds. The largest absolute Gasteiger partial charge is 0.0985 e. The maximum atomic E-state index is 4.14. The summed E-state index contributed by atoms with van der Waals surface area (Å²) >= 11 is 0. The zero-order valence-corrected chi connectivity index (χ0v) is 17.1. The summed E-state index contributed by atoms with van der Waals surface area (Å²) < 4.78 is 0. The van der Waals surface area contributed by atoms with Crippen molar-refractivity contribution in [2.75, 3.05) is 0 Å². The molecular weight excluding hydrogens is 312 g/mol. The van der Waals surface area contributed by atoms with Crippen LogP contribution >= 0.6 is 0 Å². The number of rotatable bonds is 9. The topological polar surface area (TPSA) is 0 Å². The third-order valence-corrected chi connectivity index (χ3v) is 5.33. The lowest BCUT2D eigenvalue weighted by Gasteiger charge is -2.25. The van der Waals surface area contributed by atoms with E-state index in [1.165, 1.54) is 72.8 Å². The van der Waals surface area contributed by atoms with Crippen LogP contribution in [0, 0.1) is 0 Å². The molecule has 0 nitrogen and oxygen atoms in total. The fourth-order valence-corrected chi connectivity index (χ4v) is 4.05. The van der Waals surface area contributed by atoms with Crippen LogP contribution in [0.2, 0.25) is 0 Å². The van der Waals surface area contributed by atoms with Crippen LogP contribution in [-0.2, 0) is 12.8 Å². The summed E-state index contributed by atoms with van der Waals surface area (Å²) in [5.74, 6) is 0.537. The van der Waals surface area contributed by atoms with Gasteiger partial charge in [0.05, 0.1) is 0 Å². The van der Waals surface area contributed by atoms with Crippen molar-refractivity contribution in [3.63, 3.8) is 0 Å². The minimum atomic E-state index is 0.537. The highest BCUT2D eigenvalue weighted by Gasteiger charge is 2.19. The van der Waals surface area contributed by atoms with E-state index in [1.807, 2.05) is 0 Å². The number of allylic oxidation sites excluding steroid dienone is 5. The van der Waals surface area contributed by atoms with E-state index >= 15 is 0 Å². The lowest BCUT2D eigenvalue weighted by Crippen LogP contribution is -2.08. The van der Waals surface area contributed by atoms with Crippen molar-refractivity contribution in [1.82, 2.24) is 0 Å². The van der Waals surface area contributed by atoms with Gasteiger partial charge in [-0.25, -0.2) is 0 Å². The lowest BCUT2D eigenvalue weighted by atomic mass is 9.80. The van der Waals surface area contributed by atoms with Crippen molar-refractivity contribution in [2.24, 2.45) is 0 Å². The van der Waals surface area contributed by atoms with Gasteiger partial charge >= 0.3 is 0 Å². The van der Waals surface area contributed by atoms with Crippen LogP contribution in [0.1, 0.15) is 87.5 Å². The quantitative estimate of drug-likeness (QED) is 0.241. The average Bonchev–Trinajstić information content (AvgIpc) is 2.61. The standard InChI is InChI=1S/C26H36/c1-6-8-9-14-22-18-23(7-2)26(24-16-11-13-21(5)17-24)25(19-22)15-10-12-20(3)4/h7,10,12,17-19,24H,2-3,6,8-9,11,13-16H2,1,4-5H3/b12-10+. The second-order valence-corrected chi connectivity index (χ2v) is 7.88. The zero-order valence-electron chi connectivity index (χ0n) is 17.1. The Morgan fingerprint density at radius 3 is 2.73 bits per heavy atom. The Kier molecular flexibility index (Phi) is 8.16. The van der Waals surface area contributed by atoms with Crippen LogP contribution in [0.4, 0.5) is 0 Å². The predicted octanol–water partition coefficient (Wildman–Crippen LogP) is 7.95. The fourth-order valence-electron chi connectivity index (χ4n) is 4.05. The maximum absolute atomic E-state index is 4.14. The van der Waals surface area contributed by atoms with Crippen molar-refractivity contribution in [3.8, 4) is 0 Å². The zero-order chi connectivity index (χ0) is 18.9. The van der Waals surface area contributed by atoms with E-state index in [0.29, 0.717) is 5.92 Å². The number of hydrogen-bond donors (Lipinski definition) is 0. The third kappa shape index (κ3) is 5.87. The van der Waals surface area contributed by atoms with Gasteiger partial charge in [0.25, 0.3) is 0 Å². The summed E-state index contributed by atoms with van der Waals surface area (Å²) in [7, 11) is 0. The Morgan fingerprint density at radius 1 is 1.27 bits per heavy atom. The molecule has 0 N–H and O–H groups in total. The molecule has 26 heavy (non-hydrogen) atoms. The van der Waals surface area contributed by atoms with E-state index in [2.05, 4.69) is 70.4 Å². The van der Waals surface area contributed by atoms with E-state index in [9.17, 15) is 0 Å². The van der Waals surface area contributed by atoms with Crippen molar-refractivity contribution in [1.29, 1.82) is 0 Å². The van der Waals surface area contributed by atoms with Crippen molar-refractivity contribution >= 4 is 6.08 Å². The molecule has 0 saturated heterocycles. The van der Waals surface area contributed by atoms with Gasteiger partial charge in [-0.05, 0) is 74.6 Å². The van der Waals surface area contributed by atoms with Gasteiger partial charge in [-0.1, -0.05) is 80.5 Å². The Balaban J connectivity index is 2.42. The monoisotopic (exact) mass is 348 g/mol. The van der Waals surface area contributed by atoms with Gasteiger partial charge in [-0.15, -0.1) is 0 Å². The smallest absolute Gasteiger partial charge is 0.00294 e. The molecule has 0 fully saturated rings. The molecule has 0 aromatic heterocycles. The van der Waals surface area contributed by atoms with Gasteiger partial charge in [-0.3, -0.25) is 0 Å². The van der Waals surface area contributed by atoms with Gasteiger partial charge in [0.2, 0.25) is 0 Å². The van der Waals surface area contributed by atoms with E-state index in [1.54, 1.807) is 0 Å². The van der Waals surface area contributed by atoms with Crippen LogP contribution in [0.25, 0.3) is 6.08 Å². The molecule has 1 aliphatic carbocycles. The van der Waals surface area contributed by atoms with Crippen molar-refractivity contribution < 1.29 is 0 Å². The fraction of sp³-hybridized carbons (Fsp3) is 0.462. The third-order valence-electron chi connectivity index (χ3n) is 5.33. The first kappa shape index (κ1) is 20.5. The molecule has 0 heteroatoms. The van der Waals surface area contributed by atoms with Crippen LogP contribution < -0.4 is 0 Å². The first-order valence-electron chi connectivity index (χ1n) is 10.3. The molecule has 140 valence electrons. The number of benzene rings is 1. The van der Waals surface area contributed by atoms with E-state index in [-0.39, 0.29) is 0 Å². The van der Waals surface area contributed by atoms with Gasteiger partial charge in [0.15, 0.2) is 0 Å². The van der Waals surface area contributed by atoms with Crippen LogP contribution in [-0.4, -0.2) is 0 Å². The molecule has 1 aromatic carbocycles. The summed E-state index contributed by atoms with van der Waals surface area (Å²) in [6.45, 7) is 14.7. The van der Waals surface area contributed by atoms with Gasteiger partial charge in [0.1, 0.15) is 0 Å². The maximum Gasteiger partial charge on any atom is 0.00294 e. The van der Waals surface area contributed by atoms with Gasteiger partial charge in [-0.2, -0.15) is 0 Å². The minimum absolute atomic E-state index is 0.537. The lowest BCUT2D eigenvalue weighted by molar-refractivity contribution is 0.629. The molecule has 1 aromatic rings. The molecule has 0 spiro atoms. The number of hydrogen-bond acceptors (Lipinski definition) is 0. The second kappa shape index (κ2) is 10.4. The van der Waals surface area contributed by atoms with E-state index in [4.69, 9.17) is 0 Å². The van der Waals surface area contributed by atoms with E-state index < -0.39 is 0 Å². The number of unbranched alkanes of at least 4 members (excludes halogenated alkanes) is 2. The minimum Gasteiger partial charge on any atom is -0.0985 e. The Bertz CT molecular complexity index is 684. The van der Waals surface area contributed by atoms with Gasteiger partial charge < -0.3 is 0 Å². The highest BCUT2D eigenvalue weighted by Crippen LogP contribution is 2.36. The summed E-state index contributed by atoms with van der Waals surface area (Å²) in [4.78, 5) is 0. The van der Waals surface area contributed by atoms with Crippen LogP contribution in [0.5, 0.6) is 0 Å². The molecule has 1 atom stereocenters. The second-order valence-electron chi connectivity index (χ2n) is 7.88. The Labute approximate surface area is 161 Å². The Morgan fingerprint density at radius 2 is 2.08 bits per heavy atom. The summed E-state index contributed by atoms with van der Waals surface area (Å²) in [5.41, 5.74) is 8.43. The molecule has 2 rings (SSSR count). The highest BCUT2D eigenvalue weighted by molar-refractivity contribution is 5.59. The average molecular weight is 349 g/mol. The van der Waals surface area contributed by atoms with Crippen molar-refractivity contribution in [2.45, 2.75) is 78.1 Å². The Hall–Kier alpha value is -1.82. The van der Waals surface area contributed by atoms with Crippen LogP contribution in [0.15, 0.2) is 54.7 Å². The molecular formula is C26H36. The van der Waals surface area contributed by atoms with Crippen molar-refractivity contribution in [3.05, 3.63) is 76.9 Å². The summed E-state index contributed by atoms with van der Waals surface area (Å²) in [6, 6.07) is 4.85. The molecule has 1 aliphatic rings. The first-order chi connectivity index (χ1) is 12.5. The molecule has 1 unspecified atom stereocenters. The molecule has 0 aliphatic heterocycles. The SMILES string of the molecule is C=Cc1cc(CCCCC)cc(C/C=C/C(=C)C)c1C1C=C(C)CCC1. The summed E-state index contributed by atoms with van der Waals surface area (Å²) in [6.07, 6.45) is 18.8. The molecule has 0 saturated carbocycles. The number of aryl methyl sites for hydroxylation is 1. The molecule has 0 radical (unpaired) electrons. The molecule has 0 heterocycles. The van der Waals surface area contributed by atoms with Crippen LogP contribution in [0.3, 0.4) is 0 Å². The highest BCUT2D eigenvalue weighted by atomic mass is 14.2.